The second kappa shape index (κ2) is 5.35. The number of rotatable bonds is 3. The fourth-order valence-electron chi connectivity index (χ4n) is 1.75. The molecule has 0 fully saturated rings. The van der Waals surface area contributed by atoms with Crippen molar-refractivity contribution in [1.82, 2.24) is 0 Å². The number of benzene rings is 2. The second-order valence-corrected chi connectivity index (χ2v) is 3.93. The summed E-state index contributed by atoms with van der Waals surface area (Å²) >= 11 is 0. The van der Waals surface area contributed by atoms with Crippen LogP contribution in [-0.2, 0) is 0 Å². The smallest absolute Gasteiger partial charge is 0.409 e. The predicted molar refractivity (Wildman–Crippen MR) is 70.1 cm³/mol. The molecule has 0 heterocycles. The van der Waals surface area contributed by atoms with Gasteiger partial charge in [0.25, 0.3) is 5.69 Å². The lowest BCUT2D eigenvalue weighted by molar-refractivity contribution is -0.383. The van der Waals surface area contributed by atoms with Gasteiger partial charge in [0.1, 0.15) is 11.5 Å². The first kappa shape index (κ1) is 13.5. The van der Waals surface area contributed by atoms with Crippen LogP contribution in [0, 0.1) is 15.9 Å². The molecule has 0 radical (unpaired) electrons. The average molecular weight is 276 g/mol. The fourth-order valence-corrected chi connectivity index (χ4v) is 1.75. The number of nitrogens with one attached hydrogen (secondary N) is 1. The van der Waals surface area contributed by atoms with Crippen molar-refractivity contribution in [2.75, 3.05) is 5.32 Å². The molecule has 2 aromatic rings. The van der Waals surface area contributed by atoms with E-state index in [0.717, 1.165) is 0 Å². The molecule has 7 heteroatoms. The molecule has 2 N–H and O–H groups in total. The summed E-state index contributed by atoms with van der Waals surface area (Å²) in [7, 11) is 0. The number of halogens is 1. The van der Waals surface area contributed by atoms with Crippen LogP contribution in [0.4, 0.5) is 20.6 Å². The van der Waals surface area contributed by atoms with Gasteiger partial charge in [-0.15, -0.1) is 0 Å². The number of nitrogens with zero attached hydrogens (tertiary/aromatic N) is 1. The number of anilines is 1. The Morgan fingerprint density at radius 2 is 1.90 bits per heavy atom. The fraction of sp³-hybridized carbons (Fsp3) is 0. The highest BCUT2D eigenvalue weighted by molar-refractivity contribution is 5.87. The van der Waals surface area contributed by atoms with Crippen molar-refractivity contribution in [2.45, 2.75) is 0 Å². The first-order valence-corrected chi connectivity index (χ1v) is 5.51. The van der Waals surface area contributed by atoms with Gasteiger partial charge in [0.15, 0.2) is 0 Å². The van der Waals surface area contributed by atoms with Crippen molar-refractivity contribution in [3.05, 3.63) is 58.4 Å². The minimum Gasteiger partial charge on any atom is -0.465 e. The molecule has 20 heavy (non-hydrogen) atoms. The van der Waals surface area contributed by atoms with E-state index in [1.807, 2.05) is 5.32 Å². The average Bonchev–Trinajstić information content (AvgIpc) is 2.38. The number of carboxylic acid groups (broad SMARTS) is 1. The van der Waals surface area contributed by atoms with Gasteiger partial charge in [-0.3, -0.25) is 15.4 Å². The Kier molecular flexibility index (Phi) is 3.60. The SMILES string of the molecule is O=C(O)Nc1ccc(-c2cccc(F)c2)cc1[N+](=O)[O-]. The third kappa shape index (κ3) is 2.89. The highest BCUT2D eigenvalue weighted by Crippen LogP contribution is 2.30. The molecule has 2 aromatic carbocycles. The van der Waals surface area contributed by atoms with Crippen LogP contribution in [0.1, 0.15) is 0 Å². The number of carbonyl (C=O) groups is 1. The lowest BCUT2D eigenvalue weighted by Gasteiger charge is -2.06. The van der Waals surface area contributed by atoms with Crippen molar-refractivity contribution in [3.63, 3.8) is 0 Å². The Hall–Kier alpha value is -2.96. The Labute approximate surface area is 112 Å². The third-order valence-corrected chi connectivity index (χ3v) is 2.59. The third-order valence-electron chi connectivity index (χ3n) is 2.59. The van der Waals surface area contributed by atoms with E-state index in [4.69, 9.17) is 5.11 Å². The molecule has 6 nitrogen and oxygen atoms in total. The predicted octanol–water partition coefficient (Wildman–Crippen LogP) is 3.49. The van der Waals surface area contributed by atoms with Gasteiger partial charge in [-0.1, -0.05) is 18.2 Å². The summed E-state index contributed by atoms with van der Waals surface area (Å²) in [5.41, 5.74) is 0.360. The Balaban J connectivity index is 2.50. The van der Waals surface area contributed by atoms with Gasteiger partial charge in [-0.25, -0.2) is 9.18 Å². The van der Waals surface area contributed by atoms with Crippen LogP contribution in [0.15, 0.2) is 42.5 Å². The van der Waals surface area contributed by atoms with Gasteiger partial charge in [0.2, 0.25) is 0 Å². The molecule has 0 saturated carbocycles. The molecule has 0 unspecified atom stereocenters. The van der Waals surface area contributed by atoms with Gasteiger partial charge in [-0.2, -0.15) is 0 Å². The molecule has 0 aliphatic carbocycles. The first-order chi connectivity index (χ1) is 9.47. The molecule has 0 bridgehead atoms. The molecule has 0 atom stereocenters. The standard InChI is InChI=1S/C13H9FN2O4/c14-10-3-1-2-8(6-10)9-4-5-11(15-13(17)18)12(7-9)16(19)20/h1-7,15H,(H,17,18). The van der Waals surface area contributed by atoms with Crippen molar-refractivity contribution >= 4 is 17.5 Å². The van der Waals surface area contributed by atoms with Crippen molar-refractivity contribution in [1.29, 1.82) is 0 Å². The molecule has 1 amide bonds. The summed E-state index contributed by atoms with van der Waals surface area (Å²) in [5.74, 6) is -0.460. The monoisotopic (exact) mass is 276 g/mol. The molecular weight excluding hydrogens is 267 g/mol. The quantitative estimate of drug-likeness (QED) is 0.662. The summed E-state index contributed by atoms with van der Waals surface area (Å²) in [4.78, 5) is 20.8. The number of nitro benzene ring substituents is 1. The van der Waals surface area contributed by atoms with E-state index in [-0.39, 0.29) is 5.69 Å². The molecule has 0 aliphatic heterocycles. The summed E-state index contributed by atoms with van der Waals surface area (Å²) in [6.45, 7) is 0. The minimum absolute atomic E-state index is 0.136. The van der Waals surface area contributed by atoms with E-state index >= 15 is 0 Å². The van der Waals surface area contributed by atoms with Gasteiger partial charge in [0, 0.05) is 6.07 Å². The normalized spacial score (nSPS) is 10.1. The zero-order valence-corrected chi connectivity index (χ0v) is 10.0. The lowest BCUT2D eigenvalue weighted by atomic mass is 10.0. The summed E-state index contributed by atoms with van der Waals surface area (Å²) in [5, 5.41) is 21.5. The zero-order valence-electron chi connectivity index (χ0n) is 10.0. The molecule has 0 saturated heterocycles. The number of amides is 1. The maximum atomic E-state index is 13.1. The molecule has 0 aliphatic rings. The molecule has 0 spiro atoms. The second-order valence-electron chi connectivity index (χ2n) is 3.93. The number of hydrogen-bond donors (Lipinski definition) is 2. The Morgan fingerprint density at radius 3 is 2.50 bits per heavy atom. The topological polar surface area (TPSA) is 92.5 Å². The van der Waals surface area contributed by atoms with E-state index in [0.29, 0.717) is 11.1 Å². The van der Waals surface area contributed by atoms with E-state index in [9.17, 15) is 19.3 Å². The van der Waals surface area contributed by atoms with Crippen LogP contribution in [0.3, 0.4) is 0 Å². The maximum Gasteiger partial charge on any atom is 0.409 e. The van der Waals surface area contributed by atoms with Gasteiger partial charge in [0.05, 0.1) is 4.92 Å². The van der Waals surface area contributed by atoms with Gasteiger partial charge >= 0.3 is 6.09 Å². The van der Waals surface area contributed by atoms with Crippen LogP contribution in [0.25, 0.3) is 11.1 Å². The summed E-state index contributed by atoms with van der Waals surface area (Å²) in [6.07, 6.45) is -1.40. The maximum absolute atomic E-state index is 13.1. The molecule has 2 rings (SSSR count). The van der Waals surface area contributed by atoms with Crippen LogP contribution >= 0.6 is 0 Å². The van der Waals surface area contributed by atoms with Crippen molar-refractivity contribution in [3.8, 4) is 11.1 Å². The van der Waals surface area contributed by atoms with Crippen LogP contribution in [-0.4, -0.2) is 16.1 Å². The largest absolute Gasteiger partial charge is 0.465 e. The molecular formula is C13H9FN2O4. The van der Waals surface area contributed by atoms with Crippen LogP contribution in [0.2, 0.25) is 0 Å². The highest BCUT2D eigenvalue weighted by Gasteiger charge is 2.17. The summed E-state index contributed by atoms with van der Waals surface area (Å²) < 4.78 is 13.1. The zero-order chi connectivity index (χ0) is 14.7. The van der Waals surface area contributed by atoms with Crippen LogP contribution in [0.5, 0.6) is 0 Å². The summed E-state index contributed by atoms with van der Waals surface area (Å²) in [6, 6.07) is 9.54. The first-order valence-electron chi connectivity index (χ1n) is 5.51. The van der Waals surface area contributed by atoms with Gasteiger partial charge in [-0.05, 0) is 29.3 Å². The van der Waals surface area contributed by atoms with E-state index in [1.54, 1.807) is 6.07 Å². The van der Waals surface area contributed by atoms with E-state index < -0.39 is 22.5 Å². The van der Waals surface area contributed by atoms with Crippen LogP contribution < -0.4 is 5.32 Å². The molecule has 102 valence electrons. The number of hydrogen-bond acceptors (Lipinski definition) is 3. The van der Waals surface area contributed by atoms with E-state index in [2.05, 4.69) is 0 Å². The van der Waals surface area contributed by atoms with E-state index in [1.165, 1.54) is 36.4 Å². The van der Waals surface area contributed by atoms with Crippen molar-refractivity contribution in [2.24, 2.45) is 0 Å². The lowest BCUT2D eigenvalue weighted by Crippen LogP contribution is -2.09. The van der Waals surface area contributed by atoms with Crippen molar-refractivity contribution < 1.29 is 19.2 Å². The Bertz CT molecular complexity index is 688. The minimum atomic E-state index is -1.40. The number of nitro groups is 1. The highest BCUT2D eigenvalue weighted by atomic mass is 19.1. The molecule has 0 aromatic heterocycles. The van der Waals surface area contributed by atoms with Gasteiger partial charge < -0.3 is 5.11 Å². The Morgan fingerprint density at radius 1 is 1.20 bits per heavy atom.